The maximum Gasteiger partial charge on any atom is 0.140 e. The minimum Gasteiger partial charge on any atom is -0.353 e. The average molecular weight is 305 g/mol. The van der Waals surface area contributed by atoms with E-state index in [1.54, 1.807) is 17.7 Å². The fourth-order valence-corrected chi connectivity index (χ4v) is 3.75. The lowest BCUT2D eigenvalue weighted by atomic mass is 10.2. The Kier molecular flexibility index (Phi) is 4.67. The van der Waals surface area contributed by atoms with E-state index >= 15 is 0 Å². The molecule has 2 aromatic heterocycles. The van der Waals surface area contributed by atoms with Gasteiger partial charge in [0.25, 0.3) is 0 Å². The van der Waals surface area contributed by atoms with Crippen molar-refractivity contribution in [1.29, 1.82) is 0 Å². The zero-order valence-electron chi connectivity index (χ0n) is 12.6. The fraction of sp³-hybridized carbons (Fsp3) is 0.600. The zero-order chi connectivity index (χ0) is 14.7. The number of fused-ring (bicyclic) bond motifs is 1. The summed E-state index contributed by atoms with van der Waals surface area (Å²) in [6.45, 7) is 8.34. The van der Waals surface area contributed by atoms with Crippen molar-refractivity contribution in [3.05, 3.63) is 17.3 Å². The molecule has 2 aromatic rings. The van der Waals surface area contributed by atoms with Gasteiger partial charge in [0.1, 0.15) is 17.0 Å². The first-order chi connectivity index (χ1) is 10.3. The number of hydrogen-bond acceptors (Lipinski definition) is 6. The van der Waals surface area contributed by atoms with Crippen LogP contribution in [0.4, 0.5) is 5.82 Å². The van der Waals surface area contributed by atoms with Crippen LogP contribution in [0.3, 0.4) is 0 Å². The van der Waals surface area contributed by atoms with Crippen LogP contribution in [0.5, 0.6) is 0 Å². The number of aryl methyl sites for hydroxylation is 1. The third kappa shape index (κ3) is 3.17. The number of hydrogen-bond donors (Lipinski definition) is 1. The molecular formula is C15H23N5S. The first-order valence-electron chi connectivity index (χ1n) is 7.72. The summed E-state index contributed by atoms with van der Waals surface area (Å²) in [5.74, 6) is 1.11. The lowest BCUT2D eigenvalue weighted by Gasteiger charge is -2.35. The number of rotatable bonds is 5. The van der Waals surface area contributed by atoms with Crippen molar-refractivity contribution in [2.24, 2.45) is 5.73 Å². The third-order valence-corrected chi connectivity index (χ3v) is 5.25. The average Bonchev–Trinajstić information content (AvgIpc) is 2.96. The van der Waals surface area contributed by atoms with E-state index in [1.807, 2.05) is 0 Å². The molecular weight excluding hydrogens is 282 g/mol. The van der Waals surface area contributed by atoms with E-state index in [4.69, 9.17) is 5.73 Å². The van der Waals surface area contributed by atoms with Gasteiger partial charge in [0, 0.05) is 31.1 Å². The number of piperazine rings is 1. The molecule has 114 valence electrons. The maximum absolute atomic E-state index is 5.59. The molecule has 0 bridgehead atoms. The predicted octanol–water partition coefficient (Wildman–Crippen LogP) is 1.72. The van der Waals surface area contributed by atoms with E-state index in [1.165, 1.54) is 10.3 Å². The van der Waals surface area contributed by atoms with Gasteiger partial charge in [-0.1, -0.05) is 6.92 Å². The summed E-state index contributed by atoms with van der Waals surface area (Å²) in [4.78, 5) is 16.4. The van der Waals surface area contributed by atoms with Crippen molar-refractivity contribution < 1.29 is 0 Å². The minimum absolute atomic E-state index is 0.779. The second-order valence-electron chi connectivity index (χ2n) is 5.45. The summed E-state index contributed by atoms with van der Waals surface area (Å²) >= 11 is 1.79. The van der Waals surface area contributed by atoms with Crippen LogP contribution in [0.25, 0.3) is 10.2 Å². The summed E-state index contributed by atoms with van der Waals surface area (Å²) in [6, 6.07) is 2.26. The lowest BCUT2D eigenvalue weighted by molar-refractivity contribution is 0.256. The molecule has 3 rings (SSSR count). The molecule has 0 spiro atoms. The quantitative estimate of drug-likeness (QED) is 0.911. The number of anilines is 1. The maximum atomic E-state index is 5.59. The normalized spacial score (nSPS) is 16.8. The van der Waals surface area contributed by atoms with Gasteiger partial charge in [0.2, 0.25) is 0 Å². The third-order valence-electron chi connectivity index (χ3n) is 4.06. The van der Waals surface area contributed by atoms with E-state index in [2.05, 4.69) is 32.8 Å². The highest BCUT2D eigenvalue weighted by molar-refractivity contribution is 7.18. The van der Waals surface area contributed by atoms with Crippen LogP contribution in [-0.2, 0) is 6.42 Å². The Hall–Kier alpha value is -1.24. The molecule has 0 amide bonds. The monoisotopic (exact) mass is 305 g/mol. The molecule has 0 atom stereocenters. The summed E-state index contributed by atoms with van der Waals surface area (Å²) in [5, 5.41) is 1.22. The predicted molar refractivity (Wildman–Crippen MR) is 89.1 cm³/mol. The van der Waals surface area contributed by atoms with Crippen LogP contribution < -0.4 is 10.6 Å². The first-order valence-corrected chi connectivity index (χ1v) is 8.54. The van der Waals surface area contributed by atoms with Gasteiger partial charge in [-0.25, -0.2) is 9.97 Å². The van der Waals surface area contributed by atoms with Crippen LogP contribution in [-0.4, -0.2) is 54.1 Å². The summed E-state index contributed by atoms with van der Waals surface area (Å²) < 4.78 is 0. The van der Waals surface area contributed by atoms with Crippen molar-refractivity contribution in [3.8, 4) is 0 Å². The van der Waals surface area contributed by atoms with Crippen LogP contribution >= 0.6 is 11.3 Å². The summed E-state index contributed by atoms with van der Waals surface area (Å²) in [5.41, 5.74) is 5.59. The number of nitrogens with zero attached hydrogens (tertiary/aromatic N) is 4. The van der Waals surface area contributed by atoms with Gasteiger partial charge in [0.05, 0.1) is 5.39 Å². The van der Waals surface area contributed by atoms with Gasteiger partial charge in [0.15, 0.2) is 0 Å². The zero-order valence-corrected chi connectivity index (χ0v) is 13.4. The molecule has 21 heavy (non-hydrogen) atoms. The van der Waals surface area contributed by atoms with Gasteiger partial charge < -0.3 is 10.6 Å². The van der Waals surface area contributed by atoms with E-state index in [-0.39, 0.29) is 0 Å². The van der Waals surface area contributed by atoms with Crippen molar-refractivity contribution in [2.45, 2.75) is 19.8 Å². The van der Waals surface area contributed by atoms with Crippen LogP contribution in [0.1, 0.15) is 18.2 Å². The smallest absolute Gasteiger partial charge is 0.140 e. The number of thiophene rings is 1. The van der Waals surface area contributed by atoms with Gasteiger partial charge in [-0.2, -0.15) is 0 Å². The molecule has 1 aliphatic rings. The highest BCUT2D eigenvalue weighted by Crippen LogP contribution is 2.30. The molecule has 1 aliphatic heterocycles. The van der Waals surface area contributed by atoms with Gasteiger partial charge >= 0.3 is 0 Å². The van der Waals surface area contributed by atoms with Crippen LogP contribution in [0.2, 0.25) is 0 Å². The van der Waals surface area contributed by atoms with Crippen molar-refractivity contribution in [1.82, 2.24) is 14.9 Å². The van der Waals surface area contributed by atoms with Crippen LogP contribution in [0, 0.1) is 0 Å². The fourth-order valence-electron chi connectivity index (χ4n) is 2.82. The standard InChI is InChI=1S/C15H23N5S/c1-2-12-10-13-14(17-11-18-15(13)21-12)20-8-6-19(7-9-20)5-3-4-16/h10-11H,2-9,16H2,1H3. The van der Waals surface area contributed by atoms with Crippen molar-refractivity contribution in [3.63, 3.8) is 0 Å². The molecule has 0 radical (unpaired) electrons. The Balaban J connectivity index is 1.74. The van der Waals surface area contributed by atoms with Crippen molar-refractivity contribution in [2.75, 3.05) is 44.2 Å². The largest absolute Gasteiger partial charge is 0.353 e. The van der Waals surface area contributed by atoms with E-state index in [0.717, 1.165) is 62.8 Å². The minimum atomic E-state index is 0.779. The SMILES string of the molecule is CCc1cc2c(N3CCN(CCCN)CC3)ncnc2s1. The lowest BCUT2D eigenvalue weighted by Crippen LogP contribution is -2.47. The Bertz CT molecular complexity index is 589. The second kappa shape index (κ2) is 6.68. The van der Waals surface area contributed by atoms with E-state index in [9.17, 15) is 0 Å². The molecule has 0 saturated carbocycles. The molecule has 3 heterocycles. The van der Waals surface area contributed by atoms with Crippen molar-refractivity contribution >= 4 is 27.4 Å². The Morgan fingerprint density at radius 1 is 1.24 bits per heavy atom. The molecule has 1 fully saturated rings. The second-order valence-corrected chi connectivity index (χ2v) is 6.57. The highest BCUT2D eigenvalue weighted by atomic mass is 32.1. The topological polar surface area (TPSA) is 58.3 Å². The molecule has 0 aromatic carbocycles. The molecule has 5 nitrogen and oxygen atoms in total. The molecule has 2 N–H and O–H groups in total. The number of nitrogens with two attached hydrogens (primary N) is 1. The van der Waals surface area contributed by atoms with E-state index in [0.29, 0.717) is 0 Å². The van der Waals surface area contributed by atoms with Gasteiger partial charge in [-0.05, 0) is 32.0 Å². The van der Waals surface area contributed by atoms with Gasteiger partial charge in [-0.3, -0.25) is 4.90 Å². The summed E-state index contributed by atoms with van der Waals surface area (Å²) in [6.07, 6.45) is 3.85. The van der Waals surface area contributed by atoms with E-state index < -0.39 is 0 Å². The first kappa shape index (κ1) is 14.7. The molecule has 0 aliphatic carbocycles. The number of aromatic nitrogens is 2. The van der Waals surface area contributed by atoms with Gasteiger partial charge in [-0.15, -0.1) is 11.3 Å². The highest BCUT2D eigenvalue weighted by Gasteiger charge is 2.20. The summed E-state index contributed by atoms with van der Waals surface area (Å²) in [7, 11) is 0. The van der Waals surface area contributed by atoms with Crippen LogP contribution in [0.15, 0.2) is 12.4 Å². The molecule has 1 saturated heterocycles. The Morgan fingerprint density at radius 3 is 2.76 bits per heavy atom. The molecule has 6 heteroatoms. The molecule has 0 unspecified atom stereocenters. The Labute approximate surface area is 129 Å². The Morgan fingerprint density at radius 2 is 2.05 bits per heavy atom.